The molecule has 16 heteroatoms. The molecule has 4 aliphatic carbocycles. The number of rotatable bonds is 27. The average Bonchev–Trinajstić information content (AvgIpc) is 3.76. The number of carbonyl (C=O) groups excluding carboxylic acids is 3. The standard InChI is InChI=1S/C50H75N9O7/c1-32(2)38-28-35(48(62)58(5)22-12-20-56(3)19-11-21-57(4)31-53-39(43(60)30-52)13-8-9-18-51)16-17-41(38)59-42(46-44(65-6)14-10-15-45(46)66-7)29-40(55-59)47(61)54-50(49(63)64)36-24-33-23-34(26-36)27-37(50)25-33/h10,14-17,28-29,32-34,36-37,39,53H,8-9,11-13,18-27,30-31,51-52H2,1-7H3,(H,54,61)(H,63,64)/i/hD. The summed E-state index contributed by atoms with van der Waals surface area (Å²) in [7, 11) is 9.07. The zero-order valence-corrected chi connectivity index (χ0v) is 40.2. The number of hydrogen-bond donors (Lipinski definition) is 5. The van der Waals surface area contributed by atoms with E-state index >= 15 is 0 Å². The van der Waals surface area contributed by atoms with Crippen LogP contribution in [0.5, 0.6) is 11.5 Å². The number of hydrogen-bond acceptors (Lipinski definition) is 12. The Hall–Kier alpha value is -4.87. The van der Waals surface area contributed by atoms with Gasteiger partial charge in [-0.05, 0) is 163 Å². The fraction of sp³-hybridized carbons (Fsp3) is 0.620. The molecule has 4 bridgehead atoms. The maximum absolute atomic E-state index is 14.5. The van der Waals surface area contributed by atoms with Crippen LogP contribution in [-0.4, -0.2) is 146 Å². The van der Waals surface area contributed by atoms with Gasteiger partial charge in [-0.15, -0.1) is 0 Å². The van der Waals surface area contributed by atoms with E-state index in [9.17, 15) is 24.3 Å². The molecule has 0 aliphatic heterocycles. The second-order valence-corrected chi connectivity index (χ2v) is 19.4. The molecule has 4 fully saturated rings. The van der Waals surface area contributed by atoms with Gasteiger partial charge in [0.25, 0.3) is 11.8 Å². The van der Waals surface area contributed by atoms with Gasteiger partial charge in [0.05, 0.1) is 43.8 Å². The van der Waals surface area contributed by atoms with Gasteiger partial charge >= 0.3 is 5.97 Å². The molecule has 3 aromatic rings. The van der Waals surface area contributed by atoms with Crippen LogP contribution < -0.4 is 31.6 Å². The Balaban J connectivity index is 1.13. The van der Waals surface area contributed by atoms with Gasteiger partial charge in [-0.1, -0.05) is 26.3 Å². The average molecular weight is 915 g/mol. The number of benzene rings is 2. The monoisotopic (exact) mass is 915 g/mol. The lowest BCUT2D eigenvalue weighted by molar-refractivity contribution is -0.163. The number of ether oxygens (including phenoxy) is 2. The van der Waals surface area contributed by atoms with Gasteiger partial charge in [-0.3, -0.25) is 24.6 Å². The van der Waals surface area contributed by atoms with Crippen LogP contribution in [0.2, 0.25) is 1.41 Å². The van der Waals surface area contributed by atoms with E-state index in [1.165, 1.54) is 0 Å². The molecule has 1 unspecified atom stereocenters. The minimum Gasteiger partial charge on any atom is -0.496 e. The molecular weight excluding hydrogens is 839 g/mol. The van der Waals surface area contributed by atoms with Crippen molar-refractivity contribution < 1.29 is 35.2 Å². The fourth-order valence-electron chi connectivity index (χ4n) is 11.0. The van der Waals surface area contributed by atoms with Crippen molar-refractivity contribution >= 4 is 23.6 Å². The first-order chi connectivity index (χ1) is 32.1. The van der Waals surface area contributed by atoms with Gasteiger partial charge < -0.3 is 41.2 Å². The summed E-state index contributed by atoms with van der Waals surface area (Å²) in [6.45, 7) is 8.40. The van der Waals surface area contributed by atoms with Gasteiger partial charge in [-0.25, -0.2) is 9.48 Å². The largest absolute Gasteiger partial charge is 0.496 e. The van der Waals surface area contributed by atoms with Crippen LogP contribution in [0.15, 0.2) is 42.5 Å². The van der Waals surface area contributed by atoms with Crippen molar-refractivity contribution in [2.24, 2.45) is 35.1 Å². The van der Waals surface area contributed by atoms with E-state index in [0.29, 0.717) is 72.0 Å². The molecule has 7 N–H and O–H groups in total. The lowest BCUT2D eigenvalue weighted by Crippen LogP contribution is -2.70. The Bertz CT molecular complexity index is 2130. The molecule has 1 heterocycles. The number of aromatic nitrogens is 2. The van der Waals surface area contributed by atoms with Crippen molar-refractivity contribution in [3.8, 4) is 28.4 Å². The van der Waals surface area contributed by atoms with Crippen LogP contribution in [0.25, 0.3) is 16.9 Å². The smallest absolute Gasteiger partial charge is 0.330 e. The van der Waals surface area contributed by atoms with Crippen molar-refractivity contribution in [2.75, 3.05) is 81.3 Å². The predicted octanol–water partition coefficient (Wildman–Crippen LogP) is 4.98. The second kappa shape index (κ2) is 22.8. The van der Waals surface area contributed by atoms with Crippen molar-refractivity contribution in [1.82, 2.24) is 35.1 Å². The summed E-state index contributed by atoms with van der Waals surface area (Å²) in [6.07, 6.45) is 8.49. The first-order valence-corrected chi connectivity index (χ1v) is 23.9. The molecule has 16 nitrogen and oxygen atoms in total. The Morgan fingerprint density at radius 2 is 1.53 bits per heavy atom. The van der Waals surface area contributed by atoms with Crippen LogP contribution in [0, 0.1) is 23.7 Å². The molecule has 1 atom stereocenters. The predicted molar refractivity (Wildman–Crippen MR) is 256 cm³/mol. The number of nitrogens with one attached hydrogen (secondary N) is 2. The number of ketones is 1. The molecule has 2 amide bonds. The molecule has 1 aromatic heterocycles. The minimum absolute atomic E-state index is 0.00389. The van der Waals surface area contributed by atoms with E-state index in [1.54, 1.807) is 35.9 Å². The van der Waals surface area contributed by atoms with E-state index in [0.717, 1.165) is 83.0 Å². The fourth-order valence-corrected chi connectivity index (χ4v) is 11.0. The van der Waals surface area contributed by atoms with E-state index in [2.05, 4.69) is 33.2 Å². The second-order valence-electron chi connectivity index (χ2n) is 19.4. The Morgan fingerprint density at radius 1 is 0.894 bits per heavy atom. The molecule has 4 aliphatic rings. The highest BCUT2D eigenvalue weighted by atomic mass is 16.5. The topological polar surface area (TPSA) is 211 Å². The molecular formula is C50H75N9O7. The molecule has 7 rings (SSSR count). The van der Waals surface area contributed by atoms with E-state index < -0.39 is 17.4 Å². The first-order valence-electron chi connectivity index (χ1n) is 24.4. The van der Waals surface area contributed by atoms with Gasteiger partial charge in [0.15, 0.2) is 11.5 Å². The third-order valence-corrected chi connectivity index (χ3v) is 14.4. The number of aliphatic carboxylic acids is 1. The number of carboxylic acids is 1. The zero-order valence-electron chi connectivity index (χ0n) is 41.2. The lowest BCUT2D eigenvalue weighted by Gasteiger charge is -2.59. The summed E-state index contributed by atoms with van der Waals surface area (Å²) in [4.78, 5) is 60.2. The molecule has 2 aromatic carbocycles. The summed E-state index contributed by atoms with van der Waals surface area (Å²) in [5, 5.41) is 22.2. The third-order valence-electron chi connectivity index (χ3n) is 14.4. The van der Waals surface area contributed by atoms with Crippen molar-refractivity contribution in [3.63, 3.8) is 0 Å². The first kappa shape index (κ1) is 49.0. The summed E-state index contributed by atoms with van der Waals surface area (Å²) in [5.74, 6) is 0.128. The molecule has 4 saturated carbocycles. The van der Waals surface area contributed by atoms with Crippen molar-refractivity contribution in [1.29, 1.82) is 0 Å². The summed E-state index contributed by atoms with van der Waals surface area (Å²) < 4.78 is 20.4. The van der Waals surface area contributed by atoms with E-state index in [1.807, 2.05) is 58.3 Å². The van der Waals surface area contributed by atoms with Crippen molar-refractivity contribution in [2.45, 2.75) is 95.6 Å². The molecule has 0 saturated heterocycles. The third kappa shape index (κ3) is 11.3. The normalized spacial score (nSPS) is 21.6. The summed E-state index contributed by atoms with van der Waals surface area (Å²) in [6, 6.07) is 12.4. The summed E-state index contributed by atoms with van der Waals surface area (Å²) >= 11 is 0. The maximum atomic E-state index is 14.5. The quantitative estimate of drug-likeness (QED) is 0.0506. The van der Waals surface area contributed by atoms with Crippen LogP contribution in [0.3, 0.4) is 0 Å². The number of methoxy groups -OCH3 is 2. The number of amides is 2. The number of unbranched alkanes of at least 4 members (excludes halogenated alkanes) is 1. The number of nitrogens with two attached hydrogens (primary N) is 2. The highest BCUT2D eigenvalue weighted by Gasteiger charge is 2.62. The zero-order chi connectivity index (χ0) is 48.4. The Kier molecular flexibility index (Phi) is 16.9. The SMILES string of the molecule is [2H]NCCCCC(NCN(C)CCCN(C)CCCN(C)C(=O)c1ccc(-n2nc(C(=O)NC3(C(=O)O)C4CC5CC(C4)CC3C5)cc2-c2c(OC)cccc2OC)c(C(C)C)c1)C(=O)CN. The molecule has 66 heavy (non-hydrogen) atoms. The molecule has 0 radical (unpaired) electrons. The van der Waals surface area contributed by atoms with Crippen LogP contribution >= 0.6 is 0 Å². The number of carboxylic acid groups (broad SMARTS) is 1. The number of carbonyl (C=O) groups is 4. The minimum atomic E-state index is -1.35. The van der Waals surface area contributed by atoms with E-state index in [-0.39, 0.29) is 47.7 Å². The number of Topliss-reactive ketones (excluding diaryl/α,β-unsaturated/α-hetero) is 1. The van der Waals surface area contributed by atoms with Gasteiger partial charge in [0, 0.05) is 32.4 Å². The number of nitrogens with zero attached hydrogens (tertiary/aromatic N) is 5. The van der Waals surface area contributed by atoms with Crippen LogP contribution in [0.4, 0.5) is 0 Å². The van der Waals surface area contributed by atoms with Crippen LogP contribution in [-0.2, 0) is 9.59 Å². The molecule has 0 spiro atoms. The van der Waals surface area contributed by atoms with Gasteiger partial charge in [0.2, 0.25) is 0 Å². The lowest BCUT2D eigenvalue weighted by atomic mass is 9.48. The highest BCUT2D eigenvalue weighted by Crippen LogP contribution is 2.58. The van der Waals surface area contributed by atoms with E-state index in [4.69, 9.17) is 21.7 Å². The molecule has 362 valence electrons. The highest BCUT2D eigenvalue weighted by molar-refractivity contribution is 5.98. The summed E-state index contributed by atoms with van der Waals surface area (Å²) in [5.41, 5.74) is 9.92. The Morgan fingerprint density at radius 3 is 2.12 bits per heavy atom. The Labute approximate surface area is 392 Å². The van der Waals surface area contributed by atoms with Crippen molar-refractivity contribution in [3.05, 3.63) is 59.3 Å². The maximum Gasteiger partial charge on any atom is 0.330 e. The van der Waals surface area contributed by atoms with Crippen LogP contribution in [0.1, 0.15) is 110 Å². The van der Waals surface area contributed by atoms with Gasteiger partial charge in [-0.2, -0.15) is 5.10 Å². The van der Waals surface area contributed by atoms with Gasteiger partial charge in [0.1, 0.15) is 18.4 Å².